The maximum absolute atomic E-state index is 11.8. The summed E-state index contributed by atoms with van der Waals surface area (Å²) < 4.78 is 0.849. The molecule has 8 heteroatoms. The van der Waals surface area contributed by atoms with Gasteiger partial charge >= 0.3 is 0 Å². The molecule has 2 aromatic carbocycles. The molecule has 0 saturated carbocycles. The standard InChI is InChI=1S/C17H15BrClN3O3/c18-12-2-1-3-14(9-12)21-16(24)6-7-17(25)22-20-10-11-8-13(19)4-5-15(11)23/h1-5,8-10,23H,6-7H2,(H,21,24)(H,22,25)/b20-10+. The number of nitrogens with zero attached hydrogens (tertiary/aromatic N) is 1. The summed E-state index contributed by atoms with van der Waals surface area (Å²) in [6.45, 7) is 0. The maximum Gasteiger partial charge on any atom is 0.240 e. The van der Waals surface area contributed by atoms with Crippen molar-refractivity contribution in [1.82, 2.24) is 5.43 Å². The van der Waals surface area contributed by atoms with Crippen LogP contribution in [0.15, 0.2) is 52.0 Å². The second-order valence-corrected chi connectivity index (χ2v) is 6.41. The van der Waals surface area contributed by atoms with E-state index < -0.39 is 5.91 Å². The number of hydrogen-bond donors (Lipinski definition) is 3. The highest BCUT2D eigenvalue weighted by atomic mass is 79.9. The zero-order chi connectivity index (χ0) is 18.2. The number of rotatable bonds is 6. The Hall–Kier alpha value is -2.38. The molecule has 0 atom stereocenters. The molecule has 6 nitrogen and oxygen atoms in total. The molecule has 0 bridgehead atoms. The molecule has 0 aliphatic rings. The van der Waals surface area contributed by atoms with Crippen LogP contribution in [0.5, 0.6) is 5.75 Å². The second-order valence-electron chi connectivity index (χ2n) is 5.05. The third-order valence-electron chi connectivity index (χ3n) is 3.07. The van der Waals surface area contributed by atoms with E-state index in [4.69, 9.17) is 11.6 Å². The van der Waals surface area contributed by atoms with Crippen molar-refractivity contribution < 1.29 is 14.7 Å². The zero-order valence-electron chi connectivity index (χ0n) is 13.0. The molecule has 0 unspecified atom stereocenters. The van der Waals surface area contributed by atoms with Gasteiger partial charge in [0.1, 0.15) is 5.75 Å². The number of amides is 2. The summed E-state index contributed by atoms with van der Waals surface area (Å²) in [5.41, 5.74) is 3.32. The van der Waals surface area contributed by atoms with Gasteiger partial charge in [-0.25, -0.2) is 5.43 Å². The molecule has 2 aromatic rings. The molecule has 0 spiro atoms. The number of benzene rings is 2. The molecule has 0 radical (unpaired) electrons. The smallest absolute Gasteiger partial charge is 0.240 e. The highest BCUT2D eigenvalue weighted by molar-refractivity contribution is 9.10. The first-order chi connectivity index (χ1) is 11.9. The Morgan fingerprint density at radius 2 is 1.92 bits per heavy atom. The Morgan fingerprint density at radius 3 is 2.68 bits per heavy atom. The first-order valence-electron chi connectivity index (χ1n) is 7.30. The van der Waals surface area contributed by atoms with Crippen LogP contribution in [0.2, 0.25) is 5.02 Å². The molecule has 0 fully saturated rings. The van der Waals surface area contributed by atoms with Gasteiger partial charge in [0.2, 0.25) is 11.8 Å². The summed E-state index contributed by atoms with van der Waals surface area (Å²) in [4.78, 5) is 23.5. The Kier molecular flexibility index (Phi) is 6.97. The molecule has 0 aliphatic heterocycles. The summed E-state index contributed by atoms with van der Waals surface area (Å²) in [7, 11) is 0. The van der Waals surface area contributed by atoms with Crippen molar-refractivity contribution in [2.45, 2.75) is 12.8 Å². The molecule has 130 valence electrons. The number of nitrogens with one attached hydrogen (secondary N) is 2. The molecular weight excluding hydrogens is 410 g/mol. The SMILES string of the molecule is O=C(CCC(=O)Nc1cccc(Br)c1)N/N=C/c1cc(Cl)ccc1O. The number of phenolic OH excluding ortho intramolecular Hbond substituents is 1. The largest absolute Gasteiger partial charge is 0.507 e. The van der Waals surface area contributed by atoms with Gasteiger partial charge < -0.3 is 10.4 Å². The van der Waals surface area contributed by atoms with Crippen molar-refractivity contribution in [3.8, 4) is 5.75 Å². The van der Waals surface area contributed by atoms with Crippen molar-refractivity contribution in [3.63, 3.8) is 0 Å². The minimum absolute atomic E-state index is 0.00389. The van der Waals surface area contributed by atoms with Crippen molar-refractivity contribution in [2.24, 2.45) is 5.10 Å². The van der Waals surface area contributed by atoms with Gasteiger partial charge in [-0.15, -0.1) is 0 Å². The van der Waals surface area contributed by atoms with Crippen molar-refractivity contribution >= 4 is 51.2 Å². The number of carbonyl (C=O) groups is 2. The summed E-state index contributed by atoms with van der Waals surface area (Å²) in [5.74, 6) is -0.692. The predicted molar refractivity (Wildman–Crippen MR) is 101 cm³/mol. The van der Waals surface area contributed by atoms with Crippen LogP contribution in [-0.2, 0) is 9.59 Å². The van der Waals surface area contributed by atoms with Crippen LogP contribution in [0.25, 0.3) is 0 Å². The van der Waals surface area contributed by atoms with E-state index in [9.17, 15) is 14.7 Å². The van der Waals surface area contributed by atoms with Crippen molar-refractivity contribution in [3.05, 3.63) is 57.5 Å². The Morgan fingerprint density at radius 1 is 1.16 bits per heavy atom. The fourth-order valence-electron chi connectivity index (χ4n) is 1.88. The molecule has 0 saturated heterocycles. The van der Waals surface area contributed by atoms with Gasteiger partial charge in [0.05, 0.1) is 6.21 Å². The van der Waals surface area contributed by atoms with E-state index in [1.54, 1.807) is 18.2 Å². The van der Waals surface area contributed by atoms with Gasteiger partial charge in [-0.05, 0) is 36.4 Å². The third-order valence-corrected chi connectivity index (χ3v) is 3.80. The number of hydrazone groups is 1. The van der Waals surface area contributed by atoms with Crippen LogP contribution in [0.3, 0.4) is 0 Å². The van der Waals surface area contributed by atoms with Crippen LogP contribution in [-0.4, -0.2) is 23.1 Å². The Labute approximate surface area is 158 Å². The highest BCUT2D eigenvalue weighted by Crippen LogP contribution is 2.19. The Balaban J connectivity index is 1.77. The lowest BCUT2D eigenvalue weighted by atomic mass is 10.2. The molecule has 3 N–H and O–H groups in total. The minimum Gasteiger partial charge on any atom is -0.507 e. The average Bonchev–Trinajstić information content (AvgIpc) is 2.56. The number of carbonyl (C=O) groups excluding carboxylic acids is 2. The third kappa shape index (κ3) is 6.56. The lowest BCUT2D eigenvalue weighted by Gasteiger charge is -2.05. The molecule has 2 amide bonds. The molecular formula is C17H15BrClN3O3. The first kappa shape index (κ1) is 19.0. The summed E-state index contributed by atoms with van der Waals surface area (Å²) in [5, 5.41) is 16.5. The van der Waals surface area contributed by atoms with Gasteiger partial charge in [-0.1, -0.05) is 33.6 Å². The van der Waals surface area contributed by atoms with Crippen molar-refractivity contribution in [2.75, 3.05) is 5.32 Å². The van der Waals surface area contributed by atoms with Crippen LogP contribution in [0.1, 0.15) is 18.4 Å². The molecule has 2 rings (SSSR count). The predicted octanol–water partition coefficient (Wildman–Crippen LogP) is 3.68. The summed E-state index contributed by atoms with van der Waals surface area (Å²) >= 11 is 9.13. The van der Waals surface area contributed by atoms with Crippen LogP contribution in [0, 0.1) is 0 Å². The van der Waals surface area contributed by atoms with E-state index >= 15 is 0 Å². The van der Waals surface area contributed by atoms with E-state index in [-0.39, 0.29) is 24.5 Å². The van der Waals surface area contributed by atoms with Crippen LogP contribution < -0.4 is 10.7 Å². The van der Waals surface area contributed by atoms with Crippen LogP contribution in [0.4, 0.5) is 5.69 Å². The molecule has 25 heavy (non-hydrogen) atoms. The highest BCUT2D eigenvalue weighted by Gasteiger charge is 2.07. The average molecular weight is 425 g/mol. The lowest BCUT2D eigenvalue weighted by molar-refractivity contribution is -0.124. The topological polar surface area (TPSA) is 90.8 Å². The van der Waals surface area contributed by atoms with Gasteiger partial charge in [-0.2, -0.15) is 5.10 Å². The number of aromatic hydroxyl groups is 1. The lowest BCUT2D eigenvalue weighted by Crippen LogP contribution is -2.20. The second kappa shape index (κ2) is 9.19. The van der Waals surface area contributed by atoms with Crippen molar-refractivity contribution in [1.29, 1.82) is 0 Å². The normalized spacial score (nSPS) is 10.6. The van der Waals surface area contributed by atoms with Crippen LogP contribution >= 0.6 is 27.5 Å². The fourth-order valence-corrected chi connectivity index (χ4v) is 2.46. The molecule has 0 aliphatic carbocycles. The molecule has 0 aromatic heterocycles. The number of halogens is 2. The number of hydrogen-bond acceptors (Lipinski definition) is 4. The van der Waals surface area contributed by atoms with Gasteiger partial charge in [0.15, 0.2) is 0 Å². The summed E-state index contributed by atoms with van der Waals surface area (Å²) in [6, 6.07) is 11.6. The fraction of sp³-hybridized carbons (Fsp3) is 0.118. The van der Waals surface area contributed by atoms with E-state index in [1.807, 2.05) is 6.07 Å². The zero-order valence-corrected chi connectivity index (χ0v) is 15.3. The molecule has 0 heterocycles. The van der Waals surface area contributed by atoms with E-state index in [0.29, 0.717) is 16.3 Å². The minimum atomic E-state index is -0.415. The number of anilines is 1. The van der Waals surface area contributed by atoms with E-state index in [1.165, 1.54) is 24.4 Å². The summed E-state index contributed by atoms with van der Waals surface area (Å²) in [6.07, 6.45) is 1.29. The number of phenols is 1. The van der Waals surface area contributed by atoms with Gasteiger partial charge in [0, 0.05) is 33.6 Å². The van der Waals surface area contributed by atoms with E-state index in [2.05, 4.69) is 31.8 Å². The quantitative estimate of drug-likeness (QED) is 0.488. The monoisotopic (exact) mass is 423 g/mol. The Bertz CT molecular complexity index is 811. The van der Waals surface area contributed by atoms with Gasteiger partial charge in [0.25, 0.3) is 0 Å². The van der Waals surface area contributed by atoms with Gasteiger partial charge in [-0.3, -0.25) is 9.59 Å². The first-order valence-corrected chi connectivity index (χ1v) is 8.47. The maximum atomic E-state index is 11.8. The van der Waals surface area contributed by atoms with E-state index in [0.717, 1.165) is 4.47 Å².